The molecule has 5 nitrogen and oxygen atoms in total. The number of allylic oxidation sites excluding steroid dienone is 2. The van der Waals surface area contributed by atoms with Crippen molar-refractivity contribution in [1.29, 1.82) is 0 Å². The highest BCUT2D eigenvalue weighted by atomic mass is 16.1. The third-order valence-corrected chi connectivity index (χ3v) is 5.37. The van der Waals surface area contributed by atoms with Crippen molar-refractivity contribution >= 4 is 17.3 Å². The fourth-order valence-corrected chi connectivity index (χ4v) is 3.53. The Morgan fingerprint density at radius 3 is 2.44 bits per heavy atom. The molecule has 0 aliphatic carbocycles. The number of anilines is 2. The quantitative estimate of drug-likeness (QED) is 0.522. The van der Waals surface area contributed by atoms with Crippen molar-refractivity contribution in [2.24, 2.45) is 0 Å². The van der Waals surface area contributed by atoms with Gasteiger partial charge in [0.25, 0.3) is 0 Å². The van der Waals surface area contributed by atoms with E-state index in [9.17, 15) is 4.79 Å². The molecule has 0 atom stereocenters. The number of hydrogen-bond donors (Lipinski definition) is 1. The van der Waals surface area contributed by atoms with Crippen molar-refractivity contribution in [2.75, 3.05) is 16.8 Å². The van der Waals surface area contributed by atoms with Gasteiger partial charge in [0.15, 0.2) is 0 Å². The molecule has 1 aliphatic rings. The van der Waals surface area contributed by atoms with Crippen LogP contribution in [-0.2, 0) is 17.8 Å². The molecule has 0 fully saturated rings. The summed E-state index contributed by atoms with van der Waals surface area (Å²) < 4.78 is 0. The maximum atomic E-state index is 11.2. The van der Waals surface area contributed by atoms with Crippen molar-refractivity contribution < 1.29 is 4.79 Å². The lowest BCUT2D eigenvalue weighted by Crippen LogP contribution is -2.19. The average molecular weight is 429 g/mol. The number of carbonyl (C=O) groups is 1. The van der Waals surface area contributed by atoms with Crippen LogP contribution in [0.1, 0.15) is 44.6 Å². The Balaban J connectivity index is 0.000000523. The van der Waals surface area contributed by atoms with E-state index in [4.69, 9.17) is 0 Å². The fraction of sp³-hybridized carbons (Fsp3) is 0.296. The molecule has 32 heavy (non-hydrogen) atoms. The first-order chi connectivity index (χ1) is 15.4. The van der Waals surface area contributed by atoms with Crippen LogP contribution in [0, 0.1) is 6.92 Å². The molecule has 0 spiro atoms. The summed E-state index contributed by atoms with van der Waals surface area (Å²) in [7, 11) is 0. The van der Waals surface area contributed by atoms with E-state index in [1.165, 1.54) is 29.3 Å². The predicted molar refractivity (Wildman–Crippen MR) is 133 cm³/mol. The molecule has 0 saturated carbocycles. The lowest BCUT2D eigenvalue weighted by Gasteiger charge is -2.20. The zero-order valence-electron chi connectivity index (χ0n) is 19.6. The number of benzene rings is 2. The molecule has 2 aromatic carbocycles. The van der Waals surface area contributed by atoms with Crippen LogP contribution in [-0.4, -0.2) is 22.4 Å². The van der Waals surface area contributed by atoms with Gasteiger partial charge in [-0.1, -0.05) is 35.9 Å². The summed E-state index contributed by atoms with van der Waals surface area (Å²) in [5.74, 6) is 0.743. The predicted octanol–water partition coefficient (Wildman–Crippen LogP) is 5.95. The van der Waals surface area contributed by atoms with Crippen LogP contribution in [0.4, 0.5) is 11.4 Å². The smallest absolute Gasteiger partial charge is 0.221 e. The van der Waals surface area contributed by atoms with Crippen LogP contribution in [0.3, 0.4) is 0 Å². The van der Waals surface area contributed by atoms with E-state index in [1.807, 2.05) is 26.0 Å². The van der Waals surface area contributed by atoms with Crippen LogP contribution in [0.5, 0.6) is 0 Å². The van der Waals surface area contributed by atoms with Crippen LogP contribution < -0.4 is 10.2 Å². The molecular formula is C27H32N4O. The summed E-state index contributed by atoms with van der Waals surface area (Å²) in [4.78, 5) is 22.3. The van der Waals surface area contributed by atoms with Gasteiger partial charge in [-0.2, -0.15) is 0 Å². The van der Waals surface area contributed by atoms with Gasteiger partial charge >= 0.3 is 0 Å². The summed E-state index contributed by atoms with van der Waals surface area (Å²) >= 11 is 0. The highest BCUT2D eigenvalue weighted by Gasteiger charge is 2.19. The molecule has 1 N–H and O–H groups in total. The summed E-state index contributed by atoms with van der Waals surface area (Å²) in [6, 6.07) is 16.7. The number of aryl methyl sites for hydroxylation is 1. The number of aromatic nitrogens is 2. The Morgan fingerprint density at radius 2 is 1.81 bits per heavy atom. The molecule has 1 amide bonds. The topological polar surface area (TPSA) is 58.1 Å². The highest BCUT2D eigenvalue weighted by Crippen LogP contribution is 2.32. The maximum Gasteiger partial charge on any atom is 0.221 e. The van der Waals surface area contributed by atoms with Gasteiger partial charge in [-0.3, -0.25) is 4.79 Å². The van der Waals surface area contributed by atoms with Crippen LogP contribution in [0.25, 0.3) is 11.3 Å². The van der Waals surface area contributed by atoms with Gasteiger partial charge in [-0.05, 0) is 69.5 Å². The summed E-state index contributed by atoms with van der Waals surface area (Å²) in [6.45, 7) is 11.5. The van der Waals surface area contributed by atoms with E-state index in [-0.39, 0.29) is 5.91 Å². The monoisotopic (exact) mass is 428 g/mol. The Hall–Kier alpha value is -3.47. The van der Waals surface area contributed by atoms with Crippen molar-refractivity contribution in [3.8, 4) is 11.3 Å². The van der Waals surface area contributed by atoms with Gasteiger partial charge < -0.3 is 10.2 Å². The van der Waals surface area contributed by atoms with Crippen LogP contribution in [0.2, 0.25) is 0 Å². The first-order valence-corrected chi connectivity index (χ1v) is 11.0. The third kappa shape index (κ3) is 6.27. The molecule has 0 radical (unpaired) electrons. The minimum absolute atomic E-state index is 0.0382. The second-order valence-electron chi connectivity index (χ2n) is 8.25. The van der Waals surface area contributed by atoms with E-state index in [2.05, 4.69) is 76.5 Å². The summed E-state index contributed by atoms with van der Waals surface area (Å²) in [5.41, 5.74) is 8.10. The number of hydrogen-bond acceptors (Lipinski definition) is 4. The number of nitrogens with zero attached hydrogens (tertiary/aromatic N) is 3. The molecule has 3 aromatic rings. The van der Waals surface area contributed by atoms with Crippen molar-refractivity contribution in [3.63, 3.8) is 0 Å². The first kappa shape index (κ1) is 23.2. The Bertz CT molecular complexity index is 1100. The largest absolute Gasteiger partial charge is 0.367 e. The Labute approximate surface area is 191 Å². The van der Waals surface area contributed by atoms with E-state index < -0.39 is 0 Å². The molecule has 5 heteroatoms. The summed E-state index contributed by atoms with van der Waals surface area (Å²) in [6.07, 6.45) is 4.88. The fourth-order valence-electron chi connectivity index (χ4n) is 3.53. The third-order valence-electron chi connectivity index (χ3n) is 5.37. The number of amides is 1. The Kier molecular flexibility index (Phi) is 7.77. The van der Waals surface area contributed by atoms with Gasteiger partial charge in [-0.25, -0.2) is 9.97 Å². The van der Waals surface area contributed by atoms with Crippen LogP contribution in [0.15, 0.2) is 66.4 Å². The molecule has 2 heterocycles. The molecule has 0 unspecified atom stereocenters. The molecule has 0 bridgehead atoms. The Morgan fingerprint density at radius 1 is 1.09 bits per heavy atom. The van der Waals surface area contributed by atoms with Gasteiger partial charge in [0, 0.05) is 43.1 Å². The minimum Gasteiger partial charge on any atom is -0.367 e. The minimum atomic E-state index is -0.0382. The average Bonchev–Trinajstić information content (AvgIpc) is 3.16. The van der Waals surface area contributed by atoms with E-state index in [1.54, 1.807) is 6.20 Å². The molecular weight excluding hydrogens is 396 g/mol. The van der Waals surface area contributed by atoms with Crippen LogP contribution >= 0.6 is 0 Å². The SMILES string of the molecule is CC(=O)Nc1ccc2c(c1)CCN2Cc1ccc(-c2ccnc(C)n2)cc1.CC=C(C)C. The molecule has 0 saturated heterocycles. The van der Waals surface area contributed by atoms with E-state index >= 15 is 0 Å². The summed E-state index contributed by atoms with van der Waals surface area (Å²) in [5, 5.41) is 2.86. The van der Waals surface area contributed by atoms with Crippen molar-refractivity contribution in [1.82, 2.24) is 9.97 Å². The van der Waals surface area contributed by atoms with Crippen molar-refractivity contribution in [3.05, 3.63) is 83.3 Å². The zero-order valence-corrected chi connectivity index (χ0v) is 19.6. The second kappa shape index (κ2) is 10.7. The lowest BCUT2D eigenvalue weighted by molar-refractivity contribution is -0.114. The number of fused-ring (bicyclic) bond motifs is 1. The molecule has 4 rings (SSSR count). The number of carbonyl (C=O) groups excluding carboxylic acids is 1. The second-order valence-corrected chi connectivity index (χ2v) is 8.25. The first-order valence-electron chi connectivity index (χ1n) is 11.0. The lowest BCUT2D eigenvalue weighted by atomic mass is 10.1. The number of nitrogens with one attached hydrogen (secondary N) is 1. The standard InChI is InChI=1S/C22H22N4O.C5H10/c1-15-23-11-9-21(24-15)18-5-3-17(4-6-18)14-26-12-10-19-13-20(25-16(2)27)7-8-22(19)26;1-4-5(2)3/h3-9,11,13H,10,12,14H2,1-2H3,(H,25,27);4H,1-3H3. The zero-order chi connectivity index (χ0) is 23.1. The van der Waals surface area contributed by atoms with E-state index in [0.29, 0.717) is 0 Å². The molecule has 1 aromatic heterocycles. The molecule has 1 aliphatic heterocycles. The van der Waals surface area contributed by atoms with E-state index in [0.717, 1.165) is 42.3 Å². The van der Waals surface area contributed by atoms with Gasteiger partial charge in [0.05, 0.1) is 5.69 Å². The number of rotatable bonds is 4. The van der Waals surface area contributed by atoms with Gasteiger partial charge in [-0.15, -0.1) is 0 Å². The normalized spacial score (nSPS) is 11.8. The van der Waals surface area contributed by atoms with Gasteiger partial charge in [0.1, 0.15) is 5.82 Å². The maximum absolute atomic E-state index is 11.2. The van der Waals surface area contributed by atoms with Crippen molar-refractivity contribution in [2.45, 2.75) is 47.6 Å². The highest BCUT2D eigenvalue weighted by molar-refractivity contribution is 5.89. The molecule has 166 valence electrons. The van der Waals surface area contributed by atoms with Gasteiger partial charge in [0.2, 0.25) is 5.91 Å².